The van der Waals surface area contributed by atoms with Crippen LogP contribution in [0.1, 0.15) is 23.1 Å². The van der Waals surface area contributed by atoms with Crippen molar-refractivity contribution in [3.63, 3.8) is 0 Å². The Morgan fingerprint density at radius 2 is 1.94 bits per heavy atom. The van der Waals surface area contributed by atoms with Gasteiger partial charge in [-0.1, -0.05) is 18.2 Å². The maximum absolute atomic E-state index is 12.5. The van der Waals surface area contributed by atoms with Gasteiger partial charge in [-0.25, -0.2) is 0 Å². The second-order valence-electron chi connectivity index (χ2n) is 3.51. The molecule has 0 spiro atoms. The standard InChI is InChI=1S/C12H12ClF3/c1-9-6-10(4-2-3-5-13)8-11(7-9)12(14,15)16/h2,4,6-8H,3,5H2,1H3. The van der Waals surface area contributed by atoms with Gasteiger partial charge in [0.1, 0.15) is 0 Å². The summed E-state index contributed by atoms with van der Waals surface area (Å²) in [5.74, 6) is 0.467. The number of allylic oxidation sites excluding steroid dienone is 1. The van der Waals surface area contributed by atoms with E-state index in [1.807, 2.05) is 0 Å². The normalized spacial score (nSPS) is 12.3. The van der Waals surface area contributed by atoms with E-state index in [1.54, 1.807) is 25.1 Å². The maximum Gasteiger partial charge on any atom is 0.416 e. The smallest absolute Gasteiger partial charge is 0.166 e. The largest absolute Gasteiger partial charge is 0.416 e. The van der Waals surface area contributed by atoms with Gasteiger partial charge in [-0.3, -0.25) is 0 Å². The predicted octanol–water partition coefficient (Wildman–Crippen LogP) is 4.66. The van der Waals surface area contributed by atoms with Crippen molar-refractivity contribution in [2.75, 3.05) is 5.88 Å². The molecule has 0 radical (unpaired) electrons. The number of alkyl halides is 4. The van der Waals surface area contributed by atoms with E-state index in [9.17, 15) is 13.2 Å². The van der Waals surface area contributed by atoms with Gasteiger partial charge in [-0.05, 0) is 36.6 Å². The Morgan fingerprint density at radius 3 is 2.50 bits per heavy atom. The third-order valence-corrected chi connectivity index (χ3v) is 2.23. The Hall–Kier alpha value is -0.960. The molecule has 0 aliphatic carbocycles. The minimum atomic E-state index is -4.29. The van der Waals surface area contributed by atoms with Crippen molar-refractivity contribution in [1.82, 2.24) is 0 Å². The maximum atomic E-state index is 12.5. The summed E-state index contributed by atoms with van der Waals surface area (Å²) in [5.41, 5.74) is 0.538. The summed E-state index contributed by atoms with van der Waals surface area (Å²) in [7, 11) is 0. The van der Waals surface area contributed by atoms with Crippen LogP contribution in [-0.4, -0.2) is 5.88 Å². The molecule has 0 bridgehead atoms. The SMILES string of the molecule is Cc1cc(C=CCCCl)cc(C(F)(F)F)c1. The van der Waals surface area contributed by atoms with Crippen LogP contribution in [0.4, 0.5) is 13.2 Å². The Morgan fingerprint density at radius 1 is 1.25 bits per heavy atom. The zero-order valence-electron chi connectivity index (χ0n) is 8.81. The van der Waals surface area contributed by atoms with E-state index in [0.29, 0.717) is 23.4 Å². The second kappa shape index (κ2) is 5.39. The fourth-order valence-corrected chi connectivity index (χ4v) is 1.48. The number of benzene rings is 1. The molecule has 88 valence electrons. The van der Waals surface area contributed by atoms with E-state index in [2.05, 4.69) is 0 Å². The van der Waals surface area contributed by atoms with Crippen molar-refractivity contribution < 1.29 is 13.2 Å². The molecule has 0 amide bonds. The van der Waals surface area contributed by atoms with E-state index in [1.165, 1.54) is 0 Å². The minimum absolute atomic E-state index is 0.467. The van der Waals surface area contributed by atoms with Gasteiger partial charge >= 0.3 is 6.18 Å². The van der Waals surface area contributed by atoms with Gasteiger partial charge in [0.2, 0.25) is 0 Å². The molecule has 0 N–H and O–H groups in total. The van der Waals surface area contributed by atoms with Crippen molar-refractivity contribution >= 4 is 17.7 Å². The first-order valence-electron chi connectivity index (χ1n) is 4.85. The summed E-state index contributed by atoms with van der Waals surface area (Å²) in [6, 6.07) is 3.98. The van der Waals surface area contributed by atoms with Crippen LogP contribution >= 0.6 is 11.6 Å². The fourth-order valence-electron chi connectivity index (χ4n) is 1.36. The molecule has 0 saturated carbocycles. The number of aryl methyl sites for hydroxylation is 1. The molecule has 0 saturated heterocycles. The lowest BCUT2D eigenvalue weighted by Gasteiger charge is -2.08. The van der Waals surface area contributed by atoms with Gasteiger partial charge in [0, 0.05) is 5.88 Å². The first-order chi connectivity index (χ1) is 7.43. The zero-order chi connectivity index (χ0) is 12.2. The molecule has 1 aromatic carbocycles. The molecule has 4 heteroatoms. The van der Waals surface area contributed by atoms with Crippen molar-refractivity contribution in [2.45, 2.75) is 19.5 Å². The lowest BCUT2D eigenvalue weighted by atomic mass is 10.1. The quantitative estimate of drug-likeness (QED) is 0.683. The molecule has 0 atom stereocenters. The molecular formula is C12H12ClF3. The molecule has 0 unspecified atom stereocenters. The summed E-state index contributed by atoms with van der Waals surface area (Å²) in [6.45, 7) is 1.65. The Bertz CT molecular complexity index is 380. The number of hydrogen-bond donors (Lipinski definition) is 0. The van der Waals surface area contributed by atoms with Crippen LogP contribution in [0.25, 0.3) is 6.08 Å². The van der Waals surface area contributed by atoms with Gasteiger partial charge in [0.25, 0.3) is 0 Å². The van der Waals surface area contributed by atoms with Crippen molar-refractivity contribution in [3.05, 3.63) is 41.0 Å². The number of halogens is 4. The first-order valence-corrected chi connectivity index (χ1v) is 5.38. The van der Waals surface area contributed by atoms with E-state index < -0.39 is 11.7 Å². The van der Waals surface area contributed by atoms with Crippen LogP contribution in [0.5, 0.6) is 0 Å². The molecule has 1 aromatic rings. The van der Waals surface area contributed by atoms with E-state index in [0.717, 1.165) is 12.1 Å². The molecule has 0 heterocycles. The molecule has 0 aliphatic rings. The Labute approximate surface area is 97.7 Å². The van der Waals surface area contributed by atoms with Gasteiger partial charge < -0.3 is 0 Å². The summed E-state index contributed by atoms with van der Waals surface area (Å²) < 4.78 is 37.5. The molecule has 0 nitrogen and oxygen atoms in total. The van der Waals surface area contributed by atoms with Crippen molar-refractivity contribution in [2.24, 2.45) is 0 Å². The van der Waals surface area contributed by atoms with Crippen LogP contribution in [-0.2, 0) is 6.18 Å². The van der Waals surface area contributed by atoms with Crippen molar-refractivity contribution in [3.8, 4) is 0 Å². The van der Waals surface area contributed by atoms with Crippen molar-refractivity contribution in [1.29, 1.82) is 0 Å². The molecule has 0 fully saturated rings. The fraction of sp³-hybridized carbons (Fsp3) is 0.333. The highest BCUT2D eigenvalue weighted by atomic mass is 35.5. The van der Waals surface area contributed by atoms with Gasteiger partial charge in [-0.15, -0.1) is 11.6 Å². The molecule has 0 aromatic heterocycles. The third-order valence-electron chi connectivity index (χ3n) is 2.01. The van der Waals surface area contributed by atoms with Crippen LogP contribution in [0.2, 0.25) is 0 Å². The third kappa shape index (κ3) is 3.89. The zero-order valence-corrected chi connectivity index (χ0v) is 9.57. The molecule has 0 aliphatic heterocycles. The van der Waals surface area contributed by atoms with Gasteiger partial charge in [0.15, 0.2) is 0 Å². The topological polar surface area (TPSA) is 0 Å². The van der Waals surface area contributed by atoms with Gasteiger partial charge in [-0.2, -0.15) is 13.2 Å². The average Bonchev–Trinajstić information content (AvgIpc) is 2.16. The average molecular weight is 249 g/mol. The van der Waals surface area contributed by atoms with Crippen LogP contribution in [0.3, 0.4) is 0 Å². The summed E-state index contributed by atoms with van der Waals surface area (Å²) in [4.78, 5) is 0. The lowest BCUT2D eigenvalue weighted by molar-refractivity contribution is -0.137. The monoisotopic (exact) mass is 248 g/mol. The first kappa shape index (κ1) is 13.1. The van der Waals surface area contributed by atoms with E-state index in [-0.39, 0.29) is 0 Å². The predicted molar refractivity (Wildman–Crippen MR) is 60.6 cm³/mol. The summed E-state index contributed by atoms with van der Waals surface area (Å²) in [5, 5.41) is 0. The number of rotatable bonds is 3. The number of hydrogen-bond acceptors (Lipinski definition) is 0. The van der Waals surface area contributed by atoms with Crippen LogP contribution in [0, 0.1) is 6.92 Å². The highest BCUT2D eigenvalue weighted by Gasteiger charge is 2.30. The highest BCUT2D eigenvalue weighted by Crippen LogP contribution is 2.30. The summed E-state index contributed by atoms with van der Waals surface area (Å²) >= 11 is 5.47. The van der Waals surface area contributed by atoms with Crippen LogP contribution < -0.4 is 0 Å². The van der Waals surface area contributed by atoms with Gasteiger partial charge in [0.05, 0.1) is 5.56 Å². The lowest BCUT2D eigenvalue weighted by Crippen LogP contribution is -2.05. The second-order valence-corrected chi connectivity index (χ2v) is 3.89. The molecule has 1 rings (SSSR count). The Balaban J connectivity index is 2.99. The highest BCUT2D eigenvalue weighted by molar-refractivity contribution is 6.17. The minimum Gasteiger partial charge on any atom is -0.166 e. The Kier molecular flexibility index (Phi) is 4.42. The molecular weight excluding hydrogens is 237 g/mol. The van der Waals surface area contributed by atoms with E-state index >= 15 is 0 Å². The van der Waals surface area contributed by atoms with E-state index in [4.69, 9.17) is 11.6 Å². The molecule has 16 heavy (non-hydrogen) atoms. The van der Waals surface area contributed by atoms with Crippen LogP contribution in [0.15, 0.2) is 24.3 Å². The summed E-state index contributed by atoms with van der Waals surface area (Å²) in [6.07, 6.45) is -0.218.